The fourth-order valence-corrected chi connectivity index (χ4v) is 5.17. The minimum Gasteiger partial charge on any atom is -0.497 e. The van der Waals surface area contributed by atoms with Gasteiger partial charge in [-0.3, -0.25) is 0 Å². The molecule has 0 aromatic heterocycles. The highest BCUT2D eigenvalue weighted by atomic mass is 16.5. The van der Waals surface area contributed by atoms with Crippen LogP contribution in [0.5, 0.6) is 23.0 Å². The summed E-state index contributed by atoms with van der Waals surface area (Å²) in [4.78, 5) is 0. The van der Waals surface area contributed by atoms with Crippen LogP contribution in [-0.4, -0.2) is 21.3 Å². The van der Waals surface area contributed by atoms with Crippen LogP contribution in [0, 0.1) is 0 Å². The molecule has 6 rings (SSSR count). The molecule has 188 valence electrons. The molecule has 4 nitrogen and oxygen atoms in total. The lowest BCUT2D eigenvalue weighted by Crippen LogP contribution is -2.35. The predicted molar refractivity (Wildman–Crippen MR) is 151 cm³/mol. The van der Waals surface area contributed by atoms with Gasteiger partial charge in [0, 0.05) is 22.1 Å². The molecule has 0 N–H and O–H groups in total. The molecule has 0 aliphatic carbocycles. The largest absolute Gasteiger partial charge is 0.497 e. The molecule has 0 unspecified atom stereocenters. The maximum Gasteiger partial charge on any atom is 0.178 e. The average Bonchev–Trinajstić information content (AvgIpc) is 3.00. The summed E-state index contributed by atoms with van der Waals surface area (Å²) in [6.45, 7) is 0. The monoisotopic (exact) mass is 500 g/mol. The zero-order valence-electron chi connectivity index (χ0n) is 21.6. The van der Waals surface area contributed by atoms with Gasteiger partial charge >= 0.3 is 0 Å². The number of rotatable bonds is 6. The molecule has 0 radical (unpaired) electrons. The van der Waals surface area contributed by atoms with Crippen LogP contribution in [-0.2, 0) is 5.60 Å². The van der Waals surface area contributed by atoms with Gasteiger partial charge in [-0.15, -0.1) is 0 Å². The minimum absolute atomic E-state index is 0.791. The Balaban J connectivity index is 1.67. The highest BCUT2D eigenvalue weighted by Crippen LogP contribution is 2.49. The van der Waals surface area contributed by atoms with Crippen LogP contribution >= 0.6 is 0 Å². The summed E-state index contributed by atoms with van der Waals surface area (Å²) in [6.07, 6.45) is 2.23. The van der Waals surface area contributed by atoms with Crippen LogP contribution in [0.1, 0.15) is 22.3 Å². The second-order valence-corrected chi connectivity index (χ2v) is 9.24. The van der Waals surface area contributed by atoms with Crippen LogP contribution in [0.25, 0.3) is 16.3 Å². The van der Waals surface area contributed by atoms with E-state index in [4.69, 9.17) is 18.9 Å². The highest BCUT2D eigenvalue weighted by Gasteiger charge is 2.40. The molecule has 0 spiro atoms. The zero-order valence-corrected chi connectivity index (χ0v) is 21.6. The van der Waals surface area contributed by atoms with E-state index in [9.17, 15) is 0 Å². The predicted octanol–water partition coefficient (Wildman–Crippen LogP) is 7.63. The van der Waals surface area contributed by atoms with E-state index in [0.29, 0.717) is 0 Å². The third-order valence-corrected chi connectivity index (χ3v) is 7.22. The molecular weight excluding hydrogens is 472 g/mol. The first-order valence-electron chi connectivity index (χ1n) is 12.5. The Hall–Kier alpha value is -4.70. The Morgan fingerprint density at radius 2 is 1.08 bits per heavy atom. The van der Waals surface area contributed by atoms with Gasteiger partial charge in [-0.25, -0.2) is 0 Å². The first-order valence-corrected chi connectivity index (χ1v) is 12.5. The van der Waals surface area contributed by atoms with E-state index in [-0.39, 0.29) is 0 Å². The lowest BCUT2D eigenvalue weighted by atomic mass is 9.79. The summed E-state index contributed by atoms with van der Waals surface area (Å²) in [5.74, 6) is 3.25. The zero-order chi connectivity index (χ0) is 26.1. The van der Waals surface area contributed by atoms with Gasteiger partial charge < -0.3 is 18.9 Å². The van der Waals surface area contributed by atoms with Crippen LogP contribution in [0.3, 0.4) is 0 Å². The highest BCUT2D eigenvalue weighted by molar-refractivity contribution is 5.97. The van der Waals surface area contributed by atoms with Crippen molar-refractivity contribution in [2.45, 2.75) is 5.60 Å². The fourth-order valence-electron chi connectivity index (χ4n) is 5.17. The van der Waals surface area contributed by atoms with Crippen LogP contribution in [0.4, 0.5) is 0 Å². The van der Waals surface area contributed by atoms with Gasteiger partial charge in [-0.1, -0.05) is 66.7 Å². The van der Waals surface area contributed by atoms with Crippen molar-refractivity contribution < 1.29 is 18.9 Å². The van der Waals surface area contributed by atoms with Gasteiger partial charge in [-0.05, 0) is 65.1 Å². The van der Waals surface area contributed by atoms with Gasteiger partial charge in [-0.2, -0.15) is 0 Å². The van der Waals surface area contributed by atoms with Gasteiger partial charge in [0.2, 0.25) is 0 Å². The van der Waals surface area contributed by atoms with Gasteiger partial charge in [0.15, 0.2) is 5.60 Å². The molecule has 1 aliphatic heterocycles. The summed E-state index contributed by atoms with van der Waals surface area (Å²) in [5, 5.41) is 2.19. The summed E-state index contributed by atoms with van der Waals surface area (Å²) in [7, 11) is 5.04. The smallest absolute Gasteiger partial charge is 0.178 e. The summed E-state index contributed by atoms with van der Waals surface area (Å²) in [6, 6.07) is 37.0. The lowest BCUT2D eigenvalue weighted by molar-refractivity contribution is 0.162. The van der Waals surface area contributed by atoms with E-state index >= 15 is 0 Å². The van der Waals surface area contributed by atoms with E-state index in [1.54, 1.807) is 21.3 Å². The molecule has 0 fully saturated rings. The van der Waals surface area contributed by atoms with Crippen molar-refractivity contribution in [3.63, 3.8) is 0 Å². The molecule has 0 bridgehead atoms. The summed E-state index contributed by atoms with van der Waals surface area (Å²) < 4.78 is 23.5. The number of fused-ring (bicyclic) bond motifs is 3. The topological polar surface area (TPSA) is 36.9 Å². The molecule has 0 atom stereocenters. The molecule has 5 aromatic rings. The lowest BCUT2D eigenvalue weighted by Gasteiger charge is -2.39. The van der Waals surface area contributed by atoms with Crippen molar-refractivity contribution in [3.05, 3.63) is 138 Å². The molecule has 5 aromatic carbocycles. The van der Waals surface area contributed by atoms with Crippen LogP contribution in [0.15, 0.2) is 115 Å². The molecule has 0 saturated heterocycles. The van der Waals surface area contributed by atoms with Crippen LogP contribution < -0.4 is 18.9 Å². The molecule has 1 heterocycles. The maximum atomic E-state index is 7.17. The SMILES string of the molecule is COc1ccc(C2=CC(c3ccc(OC)cc3)(c3ccc(OC)cc3)Oc3c2ccc2ccccc32)cc1. The summed E-state index contributed by atoms with van der Waals surface area (Å²) >= 11 is 0. The molecule has 0 saturated carbocycles. The number of methoxy groups -OCH3 is 3. The van der Waals surface area contributed by atoms with E-state index in [1.165, 1.54) is 0 Å². The van der Waals surface area contributed by atoms with E-state index in [1.807, 2.05) is 36.4 Å². The molecule has 0 amide bonds. The molecular formula is C34H28O4. The number of hydrogen-bond donors (Lipinski definition) is 0. The number of ether oxygens (including phenoxy) is 4. The second-order valence-electron chi connectivity index (χ2n) is 9.24. The Morgan fingerprint density at radius 3 is 1.63 bits per heavy atom. The van der Waals surface area contributed by atoms with Gasteiger partial charge in [0.05, 0.1) is 21.3 Å². The third-order valence-electron chi connectivity index (χ3n) is 7.22. The third kappa shape index (κ3) is 3.95. The number of hydrogen-bond acceptors (Lipinski definition) is 4. The molecule has 1 aliphatic rings. The molecule has 38 heavy (non-hydrogen) atoms. The maximum absolute atomic E-state index is 7.17. The minimum atomic E-state index is -0.898. The van der Waals surface area contributed by atoms with Crippen molar-refractivity contribution in [3.8, 4) is 23.0 Å². The van der Waals surface area contributed by atoms with E-state index in [0.717, 1.165) is 61.6 Å². The van der Waals surface area contributed by atoms with Crippen molar-refractivity contribution in [2.75, 3.05) is 21.3 Å². The van der Waals surface area contributed by atoms with Crippen molar-refractivity contribution in [1.29, 1.82) is 0 Å². The fraction of sp³-hybridized carbons (Fsp3) is 0.118. The van der Waals surface area contributed by atoms with Crippen molar-refractivity contribution >= 4 is 16.3 Å². The Kier molecular flexibility index (Phi) is 6.01. The van der Waals surface area contributed by atoms with E-state index in [2.05, 4.69) is 78.9 Å². The first-order chi connectivity index (χ1) is 18.6. The average molecular weight is 501 g/mol. The Morgan fingerprint density at radius 1 is 0.553 bits per heavy atom. The standard InChI is InChI=1S/C34H28O4/c1-35-27-15-8-24(9-16-27)32-22-34(25-11-17-28(36-2)18-12-25,26-13-19-29(37-3)20-14-26)38-33-30-7-5-4-6-23(30)10-21-31(32)33/h4-22H,1-3H3. The number of benzene rings is 5. The Labute approximate surface area is 222 Å². The van der Waals surface area contributed by atoms with Crippen LogP contribution in [0.2, 0.25) is 0 Å². The van der Waals surface area contributed by atoms with E-state index < -0.39 is 5.60 Å². The van der Waals surface area contributed by atoms with Gasteiger partial charge in [0.25, 0.3) is 0 Å². The first kappa shape index (κ1) is 23.7. The quantitative estimate of drug-likeness (QED) is 0.240. The molecule has 4 heteroatoms. The second kappa shape index (κ2) is 9.64. The van der Waals surface area contributed by atoms with Crippen molar-refractivity contribution in [2.24, 2.45) is 0 Å². The normalized spacial score (nSPS) is 13.7. The Bertz CT molecular complexity index is 1570. The summed E-state index contributed by atoms with van der Waals surface area (Å²) in [5.41, 5.74) is 4.31. The van der Waals surface area contributed by atoms with Crippen molar-refractivity contribution in [1.82, 2.24) is 0 Å². The van der Waals surface area contributed by atoms with Gasteiger partial charge in [0.1, 0.15) is 23.0 Å².